The van der Waals surface area contributed by atoms with Crippen LogP contribution in [0.2, 0.25) is 0 Å². The minimum atomic E-state index is -1.05. The normalized spacial score (nSPS) is 11.3. The molecule has 0 aliphatic carbocycles. The summed E-state index contributed by atoms with van der Waals surface area (Å²) in [7, 11) is 0. The number of hydrogen-bond donors (Lipinski definition) is 2. The van der Waals surface area contributed by atoms with E-state index in [1.807, 2.05) is 13.0 Å². The fourth-order valence-electron chi connectivity index (χ4n) is 1.06. The van der Waals surface area contributed by atoms with Crippen LogP contribution in [0, 0.1) is 0 Å². The van der Waals surface area contributed by atoms with Crippen molar-refractivity contribution in [1.29, 1.82) is 0 Å². The van der Waals surface area contributed by atoms with E-state index in [9.17, 15) is 9.90 Å². The van der Waals surface area contributed by atoms with Crippen LogP contribution >= 0.6 is 0 Å². The molecular formula is C11H17NO2. The molecule has 78 valence electrons. The van der Waals surface area contributed by atoms with E-state index >= 15 is 0 Å². The third kappa shape index (κ3) is 3.18. The number of carbonyl (C=O) groups is 1. The Labute approximate surface area is 84.8 Å². The van der Waals surface area contributed by atoms with Crippen LogP contribution in [-0.4, -0.2) is 17.6 Å². The highest BCUT2D eigenvalue weighted by Gasteiger charge is 2.14. The molecule has 2 N–H and O–H groups in total. The molecule has 1 unspecified atom stereocenters. The van der Waals surface area contributed by atoms with Crippen molar-refractivity contribution in [2.45, 2.75) is 20.5 Å². The Balaban J connectivity index is 0.00000169. The van der Waals surface area contributed by atoms with Crippen LogP contribution in [-0.2, 0) is 4.79 Å². The first kappa shape index (κ1) is 12.7. The number of nitrogens with one attached hydrogen (secondary N) is 1. The van der Waals surface area contributed by atoms with E-state index < -0.39 is 6.10 Å². The first-order valence-electron chi connectivity index (χ1n) is 4.26. The van der Waals surface area contributed by atoms with Crippen molar-refractivity contribution < 1.29 is 9.90 Å². The predicted octanol–water partition coefficient (Wildman–Crippen LogP) is 1.49. The highest BCUT2D eigenvalue weighted by Crippen LogP contribution is 2.11. The van der Waals surface area contributed by atoms with Crippen LogP contribution in [0.5, 0.6) is 0 Å². The van der Waals surface area contributed by atoms with Crippen molar-refractivity contribution in [2.75, 3.05) is 6.54 Å². The van der Waals surface area contributed by atoms with Gasteiger partial charge in [0.25, 0.3) is 5.91 Å². The summed E-state index contributed by atoms with van der Waals surface area (Å²) in [5, 5.41) is 12.1. The van der Waals surface area contributed by atoms with Gasteiger partial charge in [-0.1, -0.05) is 37.8 Å². The van der Waals surface area contributed by atoms with Crippen LogP contribution in [0.1, 0.15) is 26.0 Å². The third-order valence-electron chi connectivity index (χ3n) is 1.71. The number of carbonyl (C=O) groups excluding carboxylic acids is 1. The molecule has 1 aromatic rings. The average molecular weight is 195 g/mol. The fourth-order valence-corrected chi connectivity index (χ4v) is 1.06. The van der Waals surface area contributed by atoms with Crippen molar-refractivity contribution in [2.24, 2.45) is 0 Å². The second-order valence-corrected chi connectivity index (χ2v) is 2.71. The van der Waals surface area contributed by atoms with Crippen molar-refractivity contribution in [1.82, 2.24) is 5.32 Å². The molecule has 0 aromatic heterocycles. The van der Waals surface area contributed by atoms with Gasteiger partial charge in [0, 0.05) is 6.54 Å². The van der Waals surface area contributed by atoms with Gasteiger partial charge in [-0.3, -0.25) is 4.79 Å². The summed E-state index contributed by atoms with van der Waals surface area (Å²) in [5.41, 5.74) is 0.619. The number of aliphatic hydroxyl groups excluding tert-OH is 1. The SMILES string of the molecule is C.CCNC(=O)C(O)c1ccccc1. The maximum atomic E-state index is 11.2. The minimum absolute atomic E-state index is 0. The number of rotatable bonds is 3. The van der Waals surface area contributed by atoms with Crippen molar-refractivity contribution >= 4 is 5.91 Å². The highest BCUT2D eigenvalue weighted by molar-refractivity contribution is 5.81. The number of hydrogen-bond acceptors (Lipinski definition) is 2. The van der Waals surface area contributed by atoms with E-state index in [-0.39, 0.29) is 13.3 Å². The van der Waals surface area contributed by atoms with Crippen molar-refractivity contribution in [3.63, 3.8) is 0 Å². The van der Waals surface area contributed by atoms with E-state index in [2.05, 4.69) is 5.32 Å². The Morgan fingerprint density at radius 1 is 1.43 bits per heavy atom. The number of amides is 1. The average Bonchev–Trinajstić information content (AvgIpc) is 2.18. The maximum absolute atomic E-state index is 11.2. The molecule has 0 spiro atoms. The lowest BCUT2D eigenvalue weighted by molar-refractivity contribution is -0.129. The standard InChI is InChI=1S/C10H13NO2.CH4/c1-2-11-10(13)9(12)8-6-4-3-5-7-8;/h3-7,9,12H,2H2,1H3,(H,11,13);1H4. The molecule has 0 heterocycles. The summed E-state index contributed by atoms with van der Waals surface area (Å²) >= 11 is 0. The van der Waals surface area contributed by atoms with E-state index in [0.29, 0.717) is 12.1 Å². The predicted molar refractivity (Wildman–Crippen MR) is 56.8 cm³/mol. The number of benzene rings is 1. The first-order valence-corrected chi connectivity index (χ1v) is 4.26. The quantitative estimate of drug-likeness (QED) is 0.767. The fraction of sp³-hybridized carbons (Fsp3) is 0.364. The molecule has 0 fully saturated rings. The molecule has 0 aliphatic heterocycles. The van der Waals surface area contributed by atoms with Gasteiger partial charge in [0.05, 0.1) is 0 Å². The Morgan fingerprint density at radius 2 is 2.00 bits per heavy atom. The zero-order valence-corrected chi connectivity index (χ0v) is 7.53. The molecule has 0 aliphatic rings. The van der Waals surface area contributed by atoms with E-state index in [1.165, 1.54) is 0 Å². The first-order chi connectivity index (χ1) is 6.25. The Bertz CT molecular complexity index is 272. The minimum Gasteiger partial charge on any atom is -0.378 e. The molecule has 1 rings (SSSR count). The van der Waals surface area contributed by atoms with E-state index in [4.69, 9.17) is 0 Å². The molecule has 14 heavy (non-hydrogen) atoms. The lowest BCUT2D eigenvalue weighted by Gasteiger charge is -2.09. The van der Waals surface area contributed by atoms with Gasteiger partial charge >= 0.3 is 0 Å². The lowest BCUT2D eigenvalue weighted by Crippen LogP contribution is -2.28. The third-order valence-corrected chi connectivity index (χ3v) is 1.71. The van der Waals surface area contributed by atoms with Crippen LogP contribution < -0.4 is 5.32 Å². The van der Waals surface area contributed by atoms with Gasteiger partial charge < -0.3 is 10.4 Å². The zero-order valence-electron chi connectivity index (χ0n) is 7.53. The van der Waals surface area contributed by atoms with Gasteiger partial charge in [-0.15, -0.1) is 0 Å². The van der Waals surface area contributed by atoms with Gasteiger partial charge in [-0.25, -0.2) is 0 Å². The Morgan fingerprint density at radius 3 is 2.50 bits per heavy atom. The van der Waals surface area contributed by atoms with E-state index in [0.717, 1.165) is 0 Å². The largest absolute Gasteiger partial charge is 0.378 e. The lowest BCUT2D eigenvalue weighted by atomic mass is 10.1. The summed E-state index contributed by atoms with van der Waals surface area (Å²) in [6.07, 6.45) is -1.05. The van der Waals surface area contributed by atoms with Crippen LogP contribution in [0.4, 0.5) is 0 Å². The topological polar surface area (TPSA) is 49.3 Å². The molecule has 0 saturated heterocycles. The van der Waals surface area contributed by atoms with Crippen LogP contribution in [0.15, 0.2) is 30.3 Å². The molecule has 1 amide bonds. The van der Waals surface area contributed by atoms with Gasteiger partial charge in [-0.2, -0.15) is 0 Å². The van der Waals surface area contributed by atoms with Crippen LogP contribution in [0.3, 0.4) is 0 Å². The van der Waals surface area contributed by atoms with E-state index in [1.54, 1.807) is 24.3 Å². The summed E-state index contributed by atoms with van der Waals surface area (Å²) in [5.74, 6) is -0.353. The maximum Gasteiger partial charge on any atom is 0.253 e. The molecule has 0 saturated carbocycles. The summed E-state index contributed by atoms with van der Waals surface area (Å²) in [4.78, 5) is 11.2. The second-order valence-electron chi connectivity index (χ2n) is 2.71. The molecule has 0 bridgehead atoms. The Hall–Kier alpha value is -1.35. The summed E-state index contributed by atoms with van der Waals surface area (Å²) < 4.78 is 0. The molecule has 3 heteroatoms. The van der Waals surface area contributed by atoms with Crippen LogP contribution in [0.25, 0.3) is 0 Å². The summed E-state index contributed by atoms with van der Waals surface area (Å²) in [6.45, 7) is 2.35. The molecule has 1 atom stereocenters. The summed E-state index contributed by atoms with van der Waals surface area (Å²) in [6, 6.07) is 8.86. The molecule has 3 nitrogen and oxygen atoms in total. The number of likely N-dealkylation sites (N-methyl/N-ethyl adjacent to an activating group) is 1. The second kappa shape index (κ2) is 6.16. The van der Waals surface area contributed by atoms with Gasteiger partial charge in [0.1, 0.15) is 0 Å². The molecule has 0 radical (unpaired) electrons. The molecular weight excluding hydrogens is 178 g/mol. The van der Waals surface area contributed by atoms with Crippen molar-refractivity contribution in [3.8, 4) is 0 Å². The monoisotopic (exact) mass is 195 g/mol. The number of aliphatic hydroxyl groups is 1. The highest BCUT2D eigenvalue weighted by atomic mass is 16.3. The van der Waals surface area contributed by atoms with Gasteiger partial charge in [0.2, 0.25) is 0 Å². The smallest absolute Gasteiger partial charge is 0.253 e. The van der Waals surface area contributed by atoms with Gasteiger partial charge in [0.15, 0.2) is 6.10 Å². The molecule has 1 aromatic carbocycles. The van der Waals surface area contributed by atoms with Crippen molar-refractivity contribution in [3.05, 3.63) is 35.9 Å². The Kier molecular flexibility index (Phi) is 5.56. The van der Waals surface area contributed by atoms with Gasteiger partial charge in [-0.05, 0) is 12.5 Å². The zero-order chi connectivity index (χ0) is 9.68.